The zero-order valence-electron chi connectivity index (χ0n) is 15.5. The van der Waals surface area contributed by atoms with Crippen molar-refractivity contribution in [1.29, 1.82) is 0 Å². The van der Waals surface area contributed by atoms with E-state index < -0.39 is 16.6 Å². The van der Waals surface area contributed by atoms with Gasteiger partial charge in [0.15, 0.2) is 0 Å². The first-order chi connectivity index (χ1) is 10.2. The van der Waals surface area contributed by atoms with Crippen LogP contribution in [0.1, 0.15) is 41.5 Å². The maximum Gasteiger partial charge on any atom is 4.00 e. The Hall–Kier alpha value is -0.396. The van der Waals surface area contributed by atoms with Crippen molar-refractivity contribution in [2.45, 2.75) is 58.2 Å². The van der Waals surface area contributed by atoms with Crippen LogP contribution in [0.2, 0.25) is 0 Å². The Balaban J connectivity index is 0. The third-order valence-corrected chi connectivity index (χ3v) is 4.23. The third-order valence-electron chi connectivity index (χ3n) is 4.23. The van der Waals surface area contributed by atoms with E-state index in [-0.39, 0.29) is 58.9 Å². The molecule has 3 heterocycles. The summed E-state index contributed by atoms with van der Waals surface area (Å²) in [5.41, 5.74) is 0.977. The molecule has 0 N–H and O–H groups in total. The van der Waals surface area contributed by atoms with Crippen LogP contribution < -0.4 is 37.2 Å². The molecule has 3 aliphatic heterocycles. The summed E-state index contributed by atoms with van der Waals surface area (Å²) in [5, 5.41) is 26.2. The molecule has 6 nitrogen and oxygen atoms in total. The number of halogens is 3. The fraction of sp³-hybridized carbons (Fsp3) is 0.562. The summed E-state index contributed by atoms with van der Waals surface area (Å²) < 4.78 is 0. The summed E-state index contributed by atoms with van der Waals surface area (Å²) in [6, 6.07) is 0. The first kappa shape index (κ1) is 27.8. The molecule has 0 aromatic rings. The van der Waals surface area contributed by atoms with Crippen molar-refractivity contribution in [2.75, 3.05) is 0 Å². The summed E-state index contributed by atoms with van der Waals surface area (Å²) in [7, 11) is 0. The summed E-state index contributed by atoms with van der Waals surface area (Å²) in [4.78, 5) is 0. The predicted octanol–water partition coefficient (Wildman–Crippen LogP) is -4.04. The molecule has 0 bridgehead atoms. The molecule has 0 aliphatic carbocycles. The average Bonchev–Trinajstić information content (AvgIpc) is 3.01. The molecule has 0 aromatic heterocycles. The van der Waals surface area contributed by atoms with E-state index in [9.17, 15) is 0 Å². The molecule has 0 spiro atoms. The van der Waals surface area contributed by atoms with E-state index >= 15 is 0 Å². The van der Waals surface area contributed by atoms with Gasteiger partial charge in [0.2, 0.25) is 0 Å². The van der Waals surface area contributed by atoms with Crippen molar-refractivity contribution in [3.8, 4) is 0 Å². The van der Waals surface area contributed by atoms with Gasteiger partial charge in [-0.3, -0.25) is 0 Å². The SMILES string of the molecule is CC1=CC(C)([C-](C2(C)C=C(C)N=N2)C2(C)C=C(C)N=N2)N=N1.[Cl-].[Cl-].[Cl-].[Ti+4]. The Bertz CT molecular complexity index is 622. The second-order valence-corrected chi connectivity index (χ2v) is 6.77. The van der Waals surface area contributed by atoms with E-state index in [1.165, 1.54) is 0 Å². The van der Waals surface area contributed by atoms with Crippen LogP contribution in [0.5, 0.6) is 0 Å². The molecule has 3 rings (SSSR count). The van der Waals surface area contributed by atoms with Gasteiger partial charge in [0.25, 0.3) is 0 Å². The molecule has 3 unspecified atom stereocenters. The molecule has 10 heteroatoms. The average molecular weight is 452 g/mol. The minimum absolute atomic E-state index is 0. The minimum Gasteiger partial charge on any atom is -1.00 e. The standard InChI is InChI=1S/C16H21N6.3ClH.Ti/c1-10-7-14(4,20-17-10)13(15(5)8-11(2)18-21-15)16(6)9-12(3)19-22-16;;;;/h7-9H,1-6H3;3*1H;/q-1;;;;+4/p-3. The van der Waals surface area contributed by atoms with Gasteiger partial charge in [-0.25, -0.2) is 21.3 Å². The molecule has 0 fully saturated rings. The van der Waals surface area contributed by atoms with Crippen LogP contribution in [-0.2, 0) is 21.7 Å². The molecular weight excluding hydrogens is 430 g/mol. The van der Waals surface area contributed by atoms with Crippen molar-refractivity contribution in [3.63, 3.8) is 0 Å². The topological polar surface area (TPSA) is 74.2 Å². The Morgan fingerprint density at radius 2 is 0.846 bits per heavy atom. The molecule has 140 valence electrons. The first-order valence-corrected chi connectivity index (χ1v) is 7.42. The smallest absolute Gasteiger partial charge is 1.00 e. The van der Waals surface area contributed by atoms with Crippen LogP contribution in [-0.4, -0.2) is 16.6 Å². The van der Waals surface area contributed by atoms with Crippen LogP contribution >= 0.6 is 0 Å². The van der Waals surface area contributed by atoms with Crippen LogP contribution in [0.25, 0.3) is 0 Å². The number of nitrogens with zero attached hydrogens (tertiary/aromatic N) is 6. The molecule has 0 aromatic carbocycles. The molecule has 0 amide bonds. The van der Waals surface area contributed by atoms with Crippen molar-refractivity contribution in [3.05, 3.63) is 41.2 Å². The number of azo groups is 3. The third kappa shape index (κ3) is 4.71. The van der Waals surface area contributed by atoms with Gasteiger partial charge in [0.1, 0.15) is 0 Å². The fourth-order valence-electron chi connectivity index (χ4n) is 3.85. The Labute approximate surface area is 188 Å². The Morgan fingerprint density at radius 3 is 1.00 bits per heavy atom. The van der Waals surface area contributed by atoms with E-state index in [4.69, 9.17) is 0 Å². The largest absolute Gasteiger partial charge is 4.00 e. The van der Waals surface area contributed by atoms with Crippen LogP contribution in [0, 0.1) is 5.92 Å². The van der Waals surface area contributed by atoms with Crippen molar-refractivity contribution in [1.82, 2.24) is 0 Å². The van der Waals surface area contributed by atoms with Gasteiger partial charge in [-0.2, -0.15) is 15.3 Å². The monoisotopic (exact) mass is 450 g/mol. The van der Waals surface area contributed by atoms with Crippen LogP contribution in [0.3, 0.4) is 0 Å². The number of hydrogen-bond donors (Lipinski definition) is 0. The maximum absolute atomic E-state index is 4.51. The molecule has 3 atom stereocenters. The van der Waals surface area contributed by atoms with Gasteiger partial charge >= 0.3 is 21.7 Å². The quantitative estimate of drug-likeness (QED) is 0.310. The van der Waals surface area contributed by atoms with E-state index in [0.29, 0.717) is 0 Å². The zero-order valence-corrected chi connectivity index (χ0v) is 19.4. The summed E-state index contributed by atoms with van der Waals surface area (Å²) in [5.74, 6) is 1.02. The fourth-order valence-corrected chi connectivity index (χ4v) is 3.85. The number of rotatable bonds is 3. The van der Waals surface area contributed by atoms with Gasteiger partial charge in [-0.05, 0) is 37.4 Å². The summed E-state index contributed by atoms with van der Waals surface area (Å²) >= 11 is 0. The number of hydrogen-bond acceptors (Lipinski definition) is 6. The maximum atomic E-state index is 4.51. The van der Waals surface area contributed by atoms with Crippen molar-refractivity contribution >= 4 is 0 Å². The Morgan fingerprint density at radius 1 is 0.615 bits per heavy atom. The predicted molar refractivity (Wildman–Crippen MR) is 84.3 cm³/mol. The van der Waals surface area contributed by atoms with E-state index in [2.05, 4.69) is 48.9 Å². The van der Waals surface area contributed by atoms with E-state index in [1.54, 1.807) is 0 Å². The van der Waals surface area contributed by atoms with Gasteiger partial charge in [0.05, 0.1) is 17.1 Å². The summed E-state index contributed by atoms with van der Waals surface area (Å²) in [6.07, 6.45) is 6.19. The second-order valence-electron chi connectivity index (χ2n) is 6.77. The molecule has 0 saturated carbocycles. The molecular formula is C16H21Cl3N6Ti. The second kappa shape index (κ2) is 9.20. The normalized spacial score (nSPS) is 33.6. The molecule has 0 saturated heterocycles. The minimum atomic E-state index is -0.576. The van der Waals surface area contributed by atoms with Crippen LogP contribution in [0.4, 0.5) is 0 Å². The van der Waals surface area contributed by atoms with E-state index in [0.717, 1.165) is 23.0 Å². The van der Waals surface area contributed by atoms with Gasteiger partial charge in [-0.1, -0.05) is 39.0 Å². The van der Waals surface area contributed by atoms with Gasteiger partial charge in [0, 0.05) is 0 Å². The van der Waals surface area contributed by atoms with Crippen LogP contribution in [0.15, 0.2) is 66.0 Å². The van der Waals surface area contributed by atoms with Gasteiger partial charge in [-0.15, -0.1) is 0 Å². The van der Waals surface area contributed by atoms with E-state index in [1.807, 2.05) is 41.5 Å². The number of allylic oxidation sites excluding steroid dienone is 3. The zero-order chi connectivity index (χ0) is 16.2. The Kier molecular flexibility index (Phi) is 9.84. The molecule has 26 heavy (non-hydrogen) atoms. The van der Waals surface area contributed by atoms with Crippen molar-refractivity contribution < 1.29 is 58.9 Å². The first-order valence-electron chi connectivity index (χ1n) is 7.42. The van der Waals surface area contributed by atoms with Crippen molar-refractivity contribution in [2.24, 2.45) is 30.7 Å². The molecule has 0 radical (unpaired) electrons. The molecule has 3 aliphatic rings. The summed E-state index contributed by atoms with van der Waals surface area (Å²) in [6.45, 7) is 12.0. The van der Waals surface area contributed by atoms with Gasteiger partial charge < -0.3 is 37.2 Å².